The molecule has 1 atom stereocenters. The molecule has 1 N–H and O–H groups in total. The van der Waals surface area contributed by atoms with E-state index in [1.807, 2.05) is 38.1 Å². The fraction of sp³-hybridized carbons (Fsp3) is 0.333. The SMILES string of the molecule is Cc1cccc(S(=O)(=O)NC[C@H](c2ccco2)N(C)C)c1. The minimum absolute atomic E-state index is 0.153. The summed E-state index contributed by atoms with van der Waals surface area (Å²) in [7, 11) is 0.245. The molecule has 0 aliphatic rings. The first-order valence-electron chi connectivity index (χ1n) is 6.66. The Labute approximate surface area is 125 Å². The van der Waals surface area contributed by atoms with E-state index in [1.165, 1.54) is 0 Å². The third kappa shape index (κ3) is 3.93. The normalized spacial score (nSPS) is 13.5. The zero-order chi connectivity index (χ0) is 15.5. The molecule has 1 aromatic heterocycles. The van der Waals surface area contributed by atoms with Gasteiger partial charge in [-0.25, -0.2) is 13.1 Å². The van der Waals surface area contributed by atoms with Crippen molar-refractivity contribution in [1.82, 2.24) is 9.62 Å². The maximum Gasteiger partial charge on any atom is 0.240 e. The van der Waals surface area contributed by atoms with E-state index in [-0.39, 0.29) is 17.5 Å². The predicted octanol–water partition coefficient (Wildman–Crippen LogP) is 2.17. The summed E-state index contributed by atoms with van der Waals surface area (Å²) >= 11 is 0. The lowest BCUT2D eigenvalue weighted by Gasteiger charge is -2.22. The fourth-order valence-electron chi connectivity index (χ4n) is 2.07. The number of furan rings is 1. The average Bonchev–Trinajstić information content (AvgIpc) is 2.92. The van der Waals surface area contributed by atoms with Gasteiger partial charge < -0.3 is 4.42 Å². The largest absolute Gasteiger partial charge is 0.468 e. The molecule has 0 spiro atoms. The van der Waals surface area contributed by atoms with E-state index in [9.17, 15) is 8.42 Å². The van der Waals surface area contributed by atoms with Crippen molar-refractivity contribution in [2.75, 3.05) is 20.6 Å². The van der Waals surface area contributed by atoms with Gasteiger partial charge in [-0.3, -0.25) is 4.90 Å². The monoisotopic (exact) mass is 308 g/mol. The van der Waals surface area contributed by atoms with Crippen LogP contribution in [-0.2, 0) is 10.0 Å². The Morgan fingerprint density at radius 1 is 1.24 bits per heavy atom. The van der Waals surface area contributed by atoms with Crippen LogP contribution >= 0.6 is 0 Å². The smallest absolute Gasteiger partial charge is 0.240 e. The molecule has 0 bridgehead atoms. The van der Waals surface area contributed by atoms with Gasteiger partial charge in [0.15, 0.2) is 0 Å². The van der Waals surface area contributed by atoms with Crippen LogP contribution < -0.4 is 4.72 Å². The summed E-state index contributed by atoms with van der Waals surface area (Å²) in [6.45, 7) is 2.11. The standard InChI is InChI=1S/C15H20N2O3S/c1-12-6-4-7-13(10-12)21(18,19)16-11-14(17(2)3)15-8-5-9-20-15/h4-10,14,16H,11H2,1-3H3/t14-/m1/s1. The van der Waals surface area contributed by atoms with E-state index in [0.29, 0.717) is 0 Å². The average molecular weight is 308 g/mol. The number of likely N-dealkylation sites (N-methyl/N-ethyl adjacent to an activating group) is 1. The zero-order valence-electron chi connectivity index (χ0n) is 12.4. The lowest BCUT2D eigenvalue weighted by atomic mass is 10.2. The van der Waals surface area contributed by atoms with Crippen LogP contribution in [0.5, 0.6) is 0 Å². The summed E-state index contributed by atoms with van der Waals surface area (Å²) in [5.41, 5.74) is 0.910. The number of nitrogens with one attached hydrogen (secondary N) is 1. The second-order valence-corrected chi connectivity index (χ2v) is 6.93. The Morgan fingerprint density at radius 3 is 2.57 bits per heavy atom. The molecule has 0 aliphatic heterocycles. The highest BCUT2D eigenvalue weighted by Gasteiger charge is 2.21. The van der Waals surface area contributed by atoms with Gasteiger partial charge in [0.05, 0.1) is 17.2 Å². The van der Waals surface area contributed by atoms with Gasteiger partial charge in [-0.15, -0.1) is 0 Å². The Bertz CT molecular complexity index is 679. The number of hydrogen-bond donors (Lipinski definition) is 1. The Hall–Kier alpha value is -1.63. The van der Waals surface area contributed by atoms with Gasteiger partial charge in [0, 0.05) is 6.54 Å². The molecule has 6 heteroatoms. The molecule has 0 saturated heterocycles. The van der Waals surface area contributed by atoms with Crippen molar-refractivity contribution >= 4 is 10.0 Å². The van der Waals surface area contributed by atoms with Crippen LogP contribution in [0.15, 0.2) is 52.0 Å². The molecule has 0 aliphatic carbocycles. The van der Waals surface area contributed by atoms with E-state index in [2.05, 4.69) is 4.72 Å². The van der Waals surface area contributed by atoms with Gasteiger partial charge >= 0.3 is 0 Å². The number of benzene rings is 1. The van der Waals surface area contributed by atoms with E-state index >= 15 is 0 Å². The van der Waals surface area contributed by atoms with Gasteiger partial charge in [0.1, 0.15) is 5.76 Å². The third-order valence-electron chi connectivity index (χ3n) is 3.26. The van der Waals surface area contributed by atoms with E-state index < -0.39 is 10.0 Å². The van der Waals surface area contributed by atoms with Gasteiger partial charge in [0.25, 0.3) is 0 Å². The quantitative estimate of drug-likeness (QED) is 0.888. The molecule has 21 heavy (non-hydrogen) atoms. The molecule has 1 heterocycles. The molecular formula is C15H20N2O3S. The number of aryl methyl sites for hydroxylation is 1. The summed E-state index contributed by atoms with van der Waals surface area (Å²) in [5.74, 6) is 0.729. The van der Waals surface area contributed by atoms with Crippen molar-refractivity contribution in [3.8, 4) is 0 Å². The van der Waals surface area contributed by atoms with Gasteiger partial charge in [-0.2, -0.15) is 0 Å². The molecular weight excluding hydrogens is 288 g/mol. The van der Waals surface area contributed by atoms with Crippen LogP contribution in [0, 0.1) is 6.92 Å². The maximum atomic E-state index is 12.3. The molecule has 0 saturated carbocycles. The number of rotatable bonds is 6. The number of sulfonamides is 1. The van der Waals surface area contributed by atoms with Crippen LogP contribution in [0.4, 0.5) is 0 Å². The molecule has 2 aromatic rings. The molecule has 0 radical (unpaired) electrons. The highest BCUT2D eigenvalue weighted by molar-refractivity contribution is 7.89. The zero-order valence-corrected chi connectivity index (χ0v) is 13.2. The van der Waals surface area contributed by atoms with E-state index in [4.69, 9.17) is 4.42 Å². The summed E-state index contributed by atoms with van der Waals surface area (Å²) in [4.78, 5) is 2.19. The molecule has 0 amide bonds. The summed E-state index contributed by atoms with van der Waals surface area (Å²) in [6, 6.07) is 10.3. The molecule has 0 fully saturated rings. The highest BCUT2D eigenvalue weighted by atomic mass is 32.2. The summed E-state index contributed by atoms with van der Waals surface area (Å²) in [6.07, 6.45) is 1.58. The number of hydrogen-bond acceptors (Lipinski definition) is 4. The lowest BCUT2D eigenvalue weighted by Crippen LogP contribution is -2.34. The van der Waals surface area contributed by atoms with Crippen LogP contribution in [-0.4, -0.2) is 34.0 Å². The minimum atomic E-state index is -3.52. The van der Waals surface area contributed by atoms with Crippen molar-refractivity contribution in [2.24, 2.45) is 0 Å². The molecule has 1 aromatic carbocycles. The predicted molar refractivity (Wildman–Crippen MR) is 81.5 cm³/mol. The van der Waals surface area contributed by atoms with Crippen LogP contribution in [0.25, 0.3) is 0 Å². The van der Waals surface area contributed by atoms with Gasteiger partial charge in [0.2, 0.25) is 10.0 Å². The Kier molecular flexibility index (Phi) is 4.82. The van der Waals surface area contributed by atoms with E-state index in [0.717, 1.165) is 11.3 Å². The second-order valence-electron chi connectivity index (χ2n) is 5.16. The minimum Gasteiger partial charge on any atom is -0.468 e. The van der Waals surface area contributed by atoms with Crippen molar-refractivity contribution in [3.63, 3.8) is 0 Å². The number of nitrogens with zero attached hydrogens (tertiary/aromatic N) is 1. The van der Waals surface area contributed by atoms with Gasteiger partial charge in [-0.1, -0.05) is 12.1 Å². The summed E-state index contributed by atoms with van der Waals surface area (Å²) in [5, 5.41) is 0. The van der Waals surface area contributed by atoms with Crippen LogP contribution in [0.1, 0.15) is 17.4 Å². The fourth-order valence-corrected chi connectivity index (χ4v) is 3.22. The first kappa shape index (κ1) is 15.8. The first-order chi connectivity index (χ1) is 9.90. The molecule has 2 rings (SSSR count). The molecule has 114 valence electrons. The van der Waals surface area contributed by atoms with Crippen LogP contribution in [0.3, 0.4) is 0 Å². The lowest BCUT2D eigenvalue weighted by molar-refractivity contribution is 0.259. The third-order valence-corrected chi connectivity index (χ3v) is 4.68. The van der Waals surface area contributed by atoms with Crippen LogP contribution in [0.2, 0.25) is 0 Å². The topological polar surface area (TPSA) is 62.6 Å². The first-order valence-corrected chi connectivity index (χ1v) is 8.14. The van der Waals surface area contributed by atoms with E-state index in [1.54, 1.807) is 30.5 Å². The molecule has 5 nitrogen and oxygen atoms in total. The van der Waals surface area contributed by atoms with Gasteiger partial charge in [-0.05, 0) is 50.8 Å². The molecule has 0 unspecified atom stereocenters. The van der Waals surface area contributed by atoms with Crippen molar-refractivity contribution in [1.29, 1.82) is 0 Å². The Morgan fingerprint density at radius 2 is 2.00 bits per heavy atom. The van der Waals surface area contributed by atoms with Crippen molar-refractivity contribution in [2.45, 2.75) is 17.9 Å². The summed E-state index contributed by atoms with van der Waals surface area (Å²) < 4.78 is 32.7. The Balaban J connectivity index is 2.13. The highest BCUT2D eigenvalue weighted by Crippen LogP contribution is 2.19. The van der Waals surface area contributed by atoms with Crippen molar-refractivity contribution in [3.05, 3.63) is 54.0 Å². The van der Waals surface area contributed by atoms with Crippen molar-refractivity contribution < 1.29 is 12.8 Å². The maximum absolute atomic E-state index is 12.3. The second kappa shape index (κ2) is 6.43.